The number of hydrogen-bond donors (Lipinski definition) is 1. The largest absolute Gasteiger partial charge is 0.478 e. The molecule has 1 aromatic rings. The van der Waals surface area contributed by atoms with Gasteiger partial charge in [0, 0.05) is 12.7 Å². The molecule has 0 radical (unpaired) electrons. The maximum Gasteiger partial charge on any atom is 0.338 e. The molecule has 4 nitrogen and oxygen atoms in total. The van der Waals surface area contributed by atoms with Crippen LogP contribution in [0.25, 0.3) is 0 Å². The predicted octanol–water partition coefficient (Wildman–Crippen LogP) is 2.87. The zero-order chi connectivity index (χ0) is 15.4. The summed E-state index contributed by atoms with van der Waals surface area (Å²) in [5, 5.41) is 9.14. The summed E-state index contributed by atoms with van der Waals surface area (Å²) in [5.74, 6) is 0.976. The second-order valence-electron chi connectivity index (χ2n) is 5.16. The molecule has 0 saturated carbocycles. The van der Waals surface area contributed by atoms with Gasteiger partial charge in [-0.3, -0.25) is 0 Å². The zero-order valence-electron chi connectivity index (χ0n) is 12.0. The van der Waals surface area contributed by atoms with Crippen molar-refractivity contribution in [2.45, 2.75) is 26.3 Å². The lowest BCUT2D eigenvalue weighted by Gasteiger charge is -2.25. The van der Waals surface area contributed by atoms with E-state index in [2.05, 4.69) is 13.8 Å². The van der Waals surface area contributed by atoms with Crippen molar-refractivity contribution < 1.29 is 14.7 Å². The highest BCUT2D eigenvalue weighted by Gasteiger charge is 2.22. The van der Waals surface area contributed by atoms with Crippen LogP contribution in [0, 0.1) is 0 Å². The fourth-order valence-electron chi connectivity index (χ4n) is 2.39. The highest BCUT2D eigenvalue weighted by Crippen LogP contribution is 2.25. The SMILES string of the molecule is CC(C)c1ccccc1CN1C=CC=C(C(=O)O)C1=C=O. The van der Waals surface area contributed by atoms with Crippen LogP contribution in [0.4, 0.5) is 0 Å². The number of rotatable bonds is 4. The van der Waals surface area contributed by atoms with Gasteiger partial charge in [0.25, 0.3) is 0 Å². The Morgan fingerprint density at radius 1 is 1.33 bits per heavy atom. The lowest BCUT2D eigenvalue weighted by molar-refractivity contribution is -0.132. The molecular formula is C17H17NO3. The quantitative estimate of drug-likeness (QED) is 0.863. The van der Waals surface area contributed by atoms with E-state index in [-0.39, 0.29) is 11.3 Å². The Bertz CT molecular complexity index is 664. The predicted molar refractivity (Wildman–Crippen MR) is 80.1 cm³/mol. The van der Waals surface area contributed by atoms with E-state index in [0.717, 1.165) is 5.56 Å². The molecule has 1 heterocycles. The average Bonchev–Trinajstić information content (AvgIpc) is 2.47. The number of nitrogens with zero attached hydrogens (tertiary/aromatic N) is 1. The molecule has 1 aromatic carbocycles. The fraction of sp³-hybridized carbons (Fsp3) is 0.235. The van der Waals surface area contributed by atoms with Crippen LogP contribution >= 0.6 is 0 Å². The zero-order valence-corrected chi connectivity index (χ0v) is 12.0. The van der Waals surface area contributed by atoms with Crippen molar-refractivity contribution in [1.82, 2.24) is 4.90 Å². The monoisotopic (exact) mass is 283 g/mol. The normalized spacial score (nSPS) is 14.1. The maximum atomic E-state index is 11.2. The summed E-state index contributed by atoms with van der Waals surface area (Å²) in [6.45, 7) is 4.65. The van der Waals surface area contributed by atoms with Gasteiger partial charge in [-0.05, 0) is 29.2 Å². The van der Waals surface area contributed by atoms with E-state index in [0.29, 0.717) is 12.5 Å². The Hall–Kier alpha value is -2.58. The molecular weight excluding hydrogens is 266 g/mol. The molecule has 0 amide bonds. The number of hydrogen-bond acceptors (Lipinski definition) is 3. The van der Waals surface area contributed by atoms with E-state index in [9.17, 15) is 9.59 Å². The summed E-state index contributed by atoms with van der Waals surface area (Å²) in [5.41, 5.74) is 2.28. The number of benzene rings is 1. The van der Waals surface area contributed by atoms with E-state index >= 15 is 0 Å². The molecule has 0 fully saturated rings. The molecule has 21 heavy (non-hydrogen) atoms. The summed E-state index contributed by atoms with van der Waals surface area (Å²) in [4.78, 5) is 23.9. The molecule has 0 atom stereocenters. The van der Waals surface area contributed by atoms with Crippen molar-refractivity contribution in [2.75, 3.05) is 0 Å². The smallest absolute Gasteiger partial charge is 0.338 e. The number of allylic oxidation sites excluding steroid dienone is 2. The lowest BCUT2D eigenvalue weighted by Crippen LogP contribution is -2.24. The number of carbonyl (C=O) groups excluding carboxylic acids is 1. The Balaban J connectivity index is 2.33. The van der Waals surface area contributed by atoms with Crippen molar-refractivity contribution in [3.63, 3.8) is 0 Å². The molecule has 0 saturated heterocycles. The van der Waals surface area contributed by atoms with Crippen LogP contribution in [0.2, 0.25) is 0 Å². The third kappa shape index (κ3) is 3.12. The standard InChI is InChI=1S/C17H17NO3/c1-12(2)14-7-4-3-6-13(14)10-18-9-5-8-15(17(20)21)16(18)11-19/h3-9,12H,10H2,1-2H3,(H,20,21). The molecule has 0 unspecified atom stereocenters. The topological polar surface area (TPSA) is 57.6 Å². The number of carbonyl (C=O) groups is 1. The number of carboxylic acids is 1. The number of aliphatic carboxylic acids is 1. The first-order valence-corrected chi connectivity index (χ1v) is 6.76. The van der Waals surface area contributed by atoms with Crippen LogP contribution in [0.3, 0.4) is 0 Å². The average molecular weight is 283 g/mol. The number of carboxylic acid groups (broad SMARTS) is 1. The summed E-state index contributed by atoms with van der Waals surface area (Å²) in [6.07, 6.45) is 4.74. The lowest BCUT2D eigenvalue weighted by atomic mass is 9.96. The second-order valence-corrected chi connectivity index (χ2v) is 5.16. The first kappa shape index (κ1) is 14.8. The van der Waals surface area contributed by atoms with Crippen LogP contribution < -0.4 is 0 Å². The minimum Gasteiger partial charge on any atom is -0.478 e. The Kier molecular flexibility index (Phi) is 4.41. The van der Waals surface area contributed by atoms with Gasteiger partial charge in [-0.25, -0.2) is 9.59 Å². The molecule has 1 N–H and O–H groups in total. The summed E-state index contributed by atoms with van der Waals surface area (Å²) in [7, 11) is 0. The maximum absolute atomic E-state index is 11.2. The van der Waals surface area contributed by atoms with Crippen LogP contribution in [0.1, 0.15) is 30.9 Å². The van der Waals surface area contributed by atoms with Gasteiger partial charge in [0.2, 0.25) is 0 Å². The van der Waals surface area contributed by atoms with Gasteiger partial charge in [-0.2, -0.15) is 0 Å². The fourth-order valence-corrected chi connectivity index (χ4v) is 2.39. The highest BCUT2D eigenvalue weighted by molar-refractivity contribution is 5.95. The van der Waals surface area contributed by atoms with Crippen molar-refractivity contribution in [3.8, 4) is 0 Å². The molecule has 4 heteroatoms. The van der Waals surface area contributed by atoms with Gasteiger partial charge >= 0.3 is 5.97 Å². The molecule has 2 rings (SSSR count). The molecule has 0 spiro atoms. The van der Waals surface area contributed by atoms with Crippen LogP contribution in [-0.4, -0.2) is 21.9 Å². The van der Waals surface area contributed by atoms with Crippen molar-refractivity contribution in [1.29, 1.82) is 0 Å². The van der Waals surface area contributed by atoms with Crippen LogP contribution in [-0.2, 0) is 16.1 Å². The molecule has 0 aromatic heterocycles. The van der Waals surface area contributed by atoms with Gasteiger partial charge in [-0.1, -0.05) is 38.1 Å². The van der Waals surface area contributed by atoms with Crippen molar-refractivity contribution in [3.05, 3.63) is 65.0 Å². The Morgan fingerprint density at radius 3 is 2.67 bits per heavy atom. The van der Waals surface area contributed by atoms with E-state index in [1.165, 1.54) is 11.6 Å². The van der Waals surface area contributed by atoms with Gasteiger partial charge in [0.1, 0.15) is 5.70 Å². The van der Waals surface area contributed by atoms with Crippen LogP contribution in [0.5, 0.6) is 0 Å². The highest BCUT2D eigenvalue weighted by atomic mass is 16.4. The van der Waals surface area contributed by atoms with E-state index in [1.54, 1.807) is 23.1 Å². The Labute approximate surface area is 123 Å². The summed E-state index contributed by atoms with van der Waals surface area (Å²) in [6, 6.07) is 7.95. The van der Waals surface area contributed by atoms with Gasteiger partial charge in [0.05, 0.1) is 5.57 Å². The van der Waals surface area contributed by atoms with Crippen molar-refractivity contribution in [2.24, 2.45) is 0 Å². The minimum atomic E-state index is -1.13. The molecule has 0 bridgehead atoms. The minimum absolute atomic E-state index is 0.0328. The first-order chi connectivity index (χ1) is 10.0. The van der Waals surface area contributed by atoms with Crippen LogP contribution in [0.15, 0.2) is 53.9 Å². The Morgan fingerprint density at radius 2 is 2.05 bits per heavy atom. The van der Waals surface area contributed by atoms with Gasteiger partial charge < -0.3 is 10.0 Å². The molecule has 0 aliphatic carbocycles. The summed E-state index contributed by atoms with van der Waals surface area (Å²) < 4.78 is 0. The molecule has 108 valence electrons. The second kappa shape index (κ2) is 6.25. The summed E-state index contributed by atoms with van der Waals surface area (Å²) >= 11 is 0. The van der Waals surface area contributed by atoms with E-state index in [1.807, 2.05) is 24.3 Å². The van der Waals surface area contributed by atoms with E-state index in [4.69, 9.17) is 5.11 Å². The molecule has 1 aliphatic rings. The van der Waals surface area contributed by atoms with Gasteiger partial charge in [0.15, 0.2) is 5.94 Å². The third-order valence-corrected chi connectivity index (χ3v) is 3.42. The van der Waals surface area contributed by atoms with Crippen molar-refractivity contribution >= 4 is 11.9 Å². The third-order valence-electron chi connectivity index (χ3n) is 3.42. The molecule has 1 aliphatic heterocycles. The van der Waals surface area contributed by atoms with Gasteiger partial charge in [-0.15, -0.1) is 0 Å². The first-order valence-electron chi connectivity index (χ1n) is 6.76. The van der Waals surface area contributed by atoms with E-state index < -0.39 is 5.97 Å².